The summed E-state index contributed by atoms with van der Waals surface area (Å²) in [6.07, 6.45) is 6.73. The number of aromatic nitrogens is 4. The summed E-state index contributed by atoms with van der Waals surface area (Å²) >= 11 is 0. The van der Waals surface area contributed by atoms with Gasteiger partial charge in [-0.1, -0.05) is 48.5 Å². The molecule has 2 aromatic carbocycles. The van der Waals surface area contributed by atoms with Crippen molar-refractivity contribution in [3.05, 3.63) is 96.6 Å². The molecular formula is C25H24N6. The lowest BCUT2D eigenvalue weighted by Gasteiger charge is -2.36. The third-order valence-electron chi connectivity index (χ3n) is 5.74. The SMILES string of the molecule is c1ccc(Nc2nc(CC3CCC3c3ccccc3)nc(Nc3ccncc3)n2)cc1. The number of para-hydroxylation sites is 1. The zero-order valence-corrected chi connectivity index (χ0v) is 17.1. The van der Waals surface area contributed by atoms with Crippen LogP contribution >= 0.6 is 0 Å². The van der Waals surface area contributed by atoms with Gasteiger partial charge >= 0.3 is 0 Å². The second kappa shape index (κ2) is 8.92. The van der Waals surface area contributed by atoms with E-state index in [1.54, 1.807) is 12.4 Å². The minimum Gasteiger partial charge on any atom is -0.324 e. The number of benzene rings is 2. The van der Waals surface area contributed by atoms with Crippen LogP contribution in [0, 0.1) is 5.92 Å². The van der Waals surface area contributed by atoms with Gasteiger partial charge in [0.1, 0.15) is 5.82 Å². The maximum atomic E-state index is 4.73. The summed E-state index contributed by atoms with van der Waals surface area (Å²) in [5.74, 6) is 2.99. The van der Waals surface area contributed by atoms with E-state index < -0.39 is 0 Å². The molecule has 2 aromatic heterocycles. The van der Waals surface area contributed by atoms with E-state index in [1.807, 2.05) is 42.5 Å². The zero-order chi connectivity index (χ0) is 20.9. The molecule has 0 amide bonds. The number of rotatable bonds is 7. The molecule has 0 saturated heterocycles. The summed E-state index contributed by atoms with van der Waals surface area (Å²) < 4.78 is 0. The molecule has 6 heteroatoms. The largest absolute Gasteiger partial charge is 0.324 e. The predicted molar refractivity (Wildman–Crippen MR) is 123 cm³/mol. The molecule has 2 N–H and O–H groups in total. The van der Waals surface area contributed by atoms with Crippen LogP contribution in [0.1, 0.15) is 30.1 Å². The highest BCUT2D eigenvalue weighted by Gasteiger charge is 2.32. The molecule has 0 radical (unpaired) electrons. The van der Waals surface area contributed by atoms with Gasteiger partial charge in [0.25, 0.3) is 0 Å². The van der Waals surface area contributed by atoms with Gasteiger partial charge in [-0.3, -0.25) is 4.98 Å². The molecule has 4 aromatic rings. The molecule has 0 aliphatic heterocycles. The highest BCUT2D eigenvalue weighted by Crippen LogP contribution is 2.44. The Morgan fingerprint density at radius 1 is 0.677 bits per heavy atom. The molecule has 2 atom stereocenters. The quantitative estimate of drug-likeness (QED) is 0.421. The monoisotopic (exact) mass is 408 g/mol. The van der Waals surface area contributed by atoms with Crippen molar-refractivity contribution in [3.63, 3.8) is 0 Å². The Morgan fingerprint density at radius 2 is 1.29 bits per heavy atom. The van der Waals surface area contributed by atoms with E-state index in [0.717, 1.165) is 23.6 Å². The fourth-order valence-corrected chi connectivity index (χ4v) is 4.02. The fraction of sp³-hybridized carbons (Fsp3) is 0.200. The minimum atomic E-state index is 0.533. The number of pyridine rings is 1. The van der Waals surface area contributed by atoms with Gasteiger partial charge in [-0.05, 0) is 54.5 Å². The average Bonchev–Trinajstić information content (AvgIpc) is 2.79. The molecule has 31 heavy (non-hydrogen) atoms. The fourth-order valence-electron chi connectivity index (χ4n) is 4.02. The first-order chi connectivity index (χ1) is 15.3. The molecule has 1 aliphatic rings. The molecule has 5 rings (SSSR count). The second-order valence-electron chi connectivity index (χ2n) is 7.81. The lowest BCUT2D eigenvalue weighted by molar-refractivity contribution is 0.249. The molecule has 0 bridgehead atoms. The van der Waals surface area contributed by atoms with Gasteiger partial charge in [0.2, 0.25) is 11.9 Å². The summed E-state index contributed by atoms with van der Waals surface area (Å²) in [7, 11) is 0. The summed E-state index contributed by atoms with van der Waals surface area (Å²) in [5, 5.41) is 6.59. The third kappa shape index (κ3) is 4.69. The number of anilines is 4. The molecule has 154 valence electrons. The van der Waals surface area contributed by atoms with Crippen molar-refractivity contribution in [2.75, 3.05) is 10.6 Å². The third-order valence-corrected chi connectivity index (χ3v) is 5.74. The van der Waals surface area contributed by atoms with E-state index in [4.69, 9.17) is 9.97 Å². The molecule has 1 saturated carbocycles. The van der Waals surface area contributed by atoms with E-state index in [1.165, 1.54) is 18.4 Å². The number of hydrogen-bond acceptors (Lipinski definition) is 6. The van der Waals surface area contributed by atoms with E-state index in [2.05, 4.69) is 50.9 Å². The molecule has 1 aliphatic carbocycles. The van der Waals surface area contributed by atoms with Crippen molar-refractivity contribution in [2.45, 2.75) is 25.2 Å². The maximum Gasteiger partial charge on any atom is 0.232 e. The van der Waals surface area contributed by atoms with Crippen LogP contribution in [0.2, 0.25) is 0 Å². The van der Waals surface area contributed by atoms with Gasteiger partial charge in [-0.2, -0.15) is 15.0 Å². The minimum absolute atomic E-state index is 0.533. The Bertz CT molecular complexity index is 1060. The first-order valence-corrected chi connectivity index (χ1v) is 10.6. The molecule has 1 fully saturated rings. The van der Waals surface area contributed by atoms with Gasteiger partial charge in [0.05, 0.1) is 0 Å². The Morgan fingerprint density at radius 3 is 1.90 bits per heavy atom. The summed E-state index contributed by atoms with van der Waals surface area (Å²) in [6.45, 7) is 0. The lowest BCUT2D eigenvalue weighted by atomic mass is 9.68. The van der Waals surface area contributed by atoms with Crippen LogP contribution in [-0.4, -0.2) is 19.9 Å². The van der Waals surface area contributed by atoms with Gasteiger partial charge < -0.3 is 10.6 Å². The summed E-state index contributed by atoms with van der Waals surface area (Å²) in [6, 6.07) is 24.5. The van der Waals surface area contributed by atoms with E-state index in [9.17, 15) is 0 Å². The van der Waals surface area contributed by atoms with Crippen molar-refractivity contribution in [1.82, 2.24) is 19.9 Å². The molecule has 6 nitrogen and oxygen atoms in total. The molecule has 2 unspecified atom stereocenters. The van der Waals surface area contributed by atoms with E-state index in [-0.39, 0.29) is 0 Å². The van der Waals surface area contributed by atoms with Crippen LogP contribution in [0.25, 0.3) is 0 Å². The first-order valence-electron chi connectivity index (χ1n) is 10.6. The highest BCUT2D eigenvalue weighted by atomic mass is 15.2. The Kier molecular flexibility index (Phi) is 5.52. The summed E-state index contributed by atoms with van der Waals surface area (Å²) in [5.41, 5.74) is 3.24. The number of nitrogens with one attached hydrogen (secondary N) is 2. The van der Waals surface area contributed by atoms with Gasteiger partial charge in [-0.25, -0.2) is 0 Å². The smallest absolute Gasteiger partial charge is 0.232 e. The van der Waals surface area contributed by atoms with Crippen LogP contribution in [0.3, 0.4) is 0 Å². The van der Waals surface area contributed by atoms with Gasteiger partial charge in [0.15, 0.2) is 0 Å². The van der Waals surface area contributed by atoms with Crippen LogP contribution in [0.4, 0.5) is 23.3 Å². The number of hydrogen-bond donors (Lipinski definition) is 2. The van der Waals surface area contributed by atoms with Crippen molar-refractivity contribution < 1.29 is 0 Å². The van der Waals surface area contributed by atoms with Crippen molar-refractivity contribution in [3.8, 4) is 0 Å². The second-order valence-corrected chi connectivity index (χ2v) is 7.81. The summed E-state index contributed by atoms with van der Waals surface area (Å²) in [4.78, 5) is 18.1. The standard InChI is InChI=1S/C25H24N6/c1-3-7-18(8-4-1)22-12-11-19(22)17-23-29-24(27-20-9-5-2-6-10-20)31-25(30-23)28-21-13-15-26-16-14-21/h1-10,13-16,19,22H,11-12,17H2,(H2,26,27,28,29,30,31). The van der Waals surface area contributed by atoms with Crippen molar-refractivity contribution in [2.24, 2.45) is 5.92 Å². The maximum absolute atomic E-state index is 4.73. The Balaban J connectivity index is 1.40. The van der Waals surface area contributed by atoms with Crippen molar-refractivity contribution >= 4 is 23.3 Å². The van der Waals surface area contributed by atoms with Crippen LogP contribution < -0.4 is 10.6 Å². The normalized spacial score (nSPS) is 17.5. The molecule has 0 spiro atoms. The van der Waals surface area contributed by atoms with Crippen molar-refractivity contribution in [1.29, 1.82) is 0 Å². The topological polar surface area (TPSA) is 75.6 Å². The first kappa shape index (κ1) is 19.2. The molecule has 2 heterocycles. The van der Waals surface area contributed by atoms with E-state index >= 15 is 0 Å². The van der Waals surface area contributed by atoms with Crippen LogP contribution in [0.15, 0.2) is 85.2 Å². The van der Waals surface area contributed by atoms with Gasteiger partial charge in [0, 0.05) is 30.2 Å². The van der Waals surface area contributed by atoms with E-state index in [0.29, 0.717) is 23.7 Å². The predicted octanol–water partition coefficient (Wildman–Crippen LogP) is 5.49. The average molecular weight is 409 g/mol. The van der Waals surface area contributed by atoms with Gasteiger partial charge in [-0.15, -0.1) is 0 Å². The highest BCUT2D eigenvalue weighted by molar-refractivity contribution is 5.56. The Hall–Kier alpha value is -3.80. The van der Waals surface area contributed by atoms with Crippen LogP contribution in [0.5, 0.6) is 0 Å². The lowest BCUT2D eigenvalue weighted by Crippen LogP contribution is -2.26. The zero-order valence-electron chi connectivity index (χ0n) is 17.1. The van der Waals surface area contributed by atoms with Crippen LogP contribution in [-0.2, 0) is 6.42 Å². The molecular weight excluding hydrogens is 384 g/mol. The number of nitrogens with zero attached hydrogens (tertiary/aromatic N) is 4. The Labute approximate surface area is 181 Å².